The highest BCUT2D eigenvalue weighted by Gasteiger charge is 2.35. The lowest BCUT2D eigenvalue weighted by Gasteiger charge is -2.19. The van der Waals surface area contributed by atoms with Gasteiger partial charge in [0.1, 0.15) is 16.4 Å². The van der Waals surface area contributed by atoms with Gasteiger partial charge in [-0.25, -0.2) is 13.1 Å². The van der Waals surface area contributed by atoms with Crippen molar-refractivity contribution in [2.75, 3.05) is 39.9 Å². The summed E-state index contributed by atoms with van der Waals surface area (Å²) in [4.78, 5) is 14.0. The maximum atomic E-state index is 13.0. The molecule has 0 saturated carbocycles. The van der Waals surface area contributed by atoms with E-state index in [-0.39, 0.29) is 29.5 Å². The van der Waals surface area contributed by atoms with E-state index in [0.29, 0.717) is 22.9 Å². The molecule has 0 spiro atoms. The van der Waals surface area contributed by atoms with Crippen LogP contribution < -0.4 is 28.6 Å². The van der Waals surface area contributed by atoms with Crippen molar-refractivity contribution in [3.63, 3.8) is 0 Å². The number of hydrogen-bond acceptors (Lipinski definition) is 7. The van der Waals surface area contributed by atoms with Crippen molar-refractivity contribution >= 4 is 21.6 Å². The normalized spacial score (nSPS) is 16.5. The van der Waals surface area contributed by atoms with Gasteiger partial charge in [-0.3, -0.25) is 4.79 Å². The van der Waals surface area contributed by atoms with Crippen LogP contribution in [0.3, 0.4) is 0 Å². The van der Waals surface area contributed by atoms with Crippen molar-refractivity contribution < 1.29 is 32.2 Å². The Hall–Kier alpha value is -2.98. The van der Waals surface area contributed by atoms with Crippen molar-refractivity contribution in [1.29, 1.82) is 0 Å². The molecule has 2 aromatic rings. The van der Waals surface area contributed by atoms with Crippen LogP contribution >= 0.6 is 0 Å². The molecule has 1 aliphatic heterocycles. The molecule has 1 unspecified atom stereocenters. The fourth-order valence-corrected chi connectivity index (χ4v) is 4.72. The molecule has 10 heteroatoms. The number of amides is 1. The van der Waals surface area contributed by atoms with Gasteiger partial charge in [-0.1, -0.05) is 0 Å². The summed E-state index contributed by atoms with van der Waals surface area (Å²) in [5.74, 6) is 1.38. The van der Waals surface area contributed by atoms with Crippen molar-refractivity contribution in [3.8, 4) is 23.0 Å². The van der Waals surface area contributed by atoms with Gasteiger partial charge in [0.15, 0.2) is 11.5 Å². The Morgan fingerprint density at radius 1 is 0.900 bits per heavy atom. The van der Waals surface area contributed by atoms with Crippen LogP contribution in [0.1, 0.15) is 6.42 Å². The Balaban J connectivity index is 1.82. The van der Waals surface area contributed by atoms with Gasteiger partial charge in [0.25, 0.3) is 0 Å². The third kappa shape index (κ3) is 4.29. The second kappa shape index (κ2) is 8.80. The van der Waals surface area contributed by atoms with Crippen molar-refractivity contribution in [2.45, 2.75) is 17.4 Å². The average molecular weight is 436 g/mol. The van der Waals surface area contributed by atoms with Crippen LogP contribution in [0.5, 0.6) is 23.0 Å². The number of hydrogen-bond donors (Lipinski definition) is 1. The van der Waals surface area contributed by atoms with E-state index in [1.807, 2.05) is 0 Å². The Bertz CT molecular complexity index is 1040. The molecule has 1 saturated heterocycles. The minimum Gasteiger partial charge on any atom is -0.497 e. The molecule has 0 aliphatic carbocycles. The number of ether oxygens (including phenoxy) is 4. The summed E-state index contributed by atoms with van der Waals surface area (Å²) in [6.07, 6.45) is 0.0276. The summed E-state index contributed by atoms with van der Waals surface area (Å²) in [7, 11) is 1.91. The van der Waals surface area contributed by atoms with Crippen molar-refractivity contribution in [2.24, 2.45) is 0 Å². The van der Waals surface area contributed by atoms with E-state index < -0.39 is 16.1 Å². The van der Waals surface area contributed by atoms with Gasteiger partial charge >= 0.3 is 0 Å². The Kier molecular flexibility index (Phi) is 6.37. The molecule has 1 atom stereocenters. The Morgan fingerprint density at radius 3 is 2.20 bits per heavy atom. The molecular formula is C20H24N2O7S. The lowest BCUT2D eigenvalue weighted by molar-refractivity contribution is -0.117. The first-order valence-corrected chi connectivity index (χ1v) is 10.6. The summed E-state index contributed by atoms with van der Waals surface area (Å²) >= 11 is 0. The fourth-order valence-electron chi connectivity index (χ4n) is 3.31. The van der Waals surface area contributed by atoms with Gasteiger partial charge in [-0.2, -0.15) is 0 Å². The summed E-state index contributed by atoms with van der Waals surface area (Å²) in [6.45, 7) is 0.180. The van der Waals surface area contributed by atoms with E-state index in [4.69, 9.17) is 18.9 Å². The summed E-state index contributed by atoms with van der Waals surface area (Å²) in [6, 6.07) is 9.00. The molecule has 30 heavy (non-hydrogen) atoms. The van der Waals surface area contributed by atoms with Gasteiger partial charge in [0.2, 0.25) is 15.9 Å². The number of sulfonamides is 1. The zero-order valence-corrected chi connectivity index (χ0v) is 18.0. The standard InChI is InChI=1S/C20H24N2O7S/c1-26-15-6-8-17(28-3)19(11-15)30(24,25)21-13-9-20(23)22(12-13)14-5-7-16(27-2)18(10-14)29-4/h5-8,10-11,13,21H,9,12H2,1-4H3. The van der Waals surface area contributed by atoms with Gasteiger partial charge in [-0.15, -0.1) is 0 Å². The molecule has 162 valence electrons. The minimum atomic E-state index is -3.95. The van der Waals surface area contributed by atoms with Gasteiger partial charge < -0.3 is 23.8 Å². The summed E-state index contributed by atoms with van der Waals surface area (Å²) < 4.78 is 49.3. The van der Waals surface area contributed by atoms with Crippen molar-refractivity contribution in [1.82, 2.24) is 4.72 Å². The minimum absolute atomic E-state index is 0.0276. The highest BCUT2D eigenvalue weighted by atomic mass is 32.2. The van der Waals surface area contributed by atoms with Crippen LogP contribution in [0.4, 0.5) is 5.69 Å². The van der Waals surface area contributed by atoms with Crippen LogP contribution in [-0.4, -0.2) is 55.4 Å². The van der Waals surface area contributed by atoms with E-state index in [2.05, 4.69) is 4.72 Å². The quantitative estimate of drug-likeness (QED) is 0.673. The lowest BCUT2D eigenvalue weighted by atomic mass is 10.2. The molecular weight excluding hydrogens is 412 g/mol. The van der Waals surface area contributed by atoms with E-state index in [0.717, 1.165) is 0 Å². The molecule has 3 rings (SSSR count). The van der Waals surface area contributed by atoms with E-state index in [9.17, 15) is 13.2 Å². The zero-order chi connectivity index (χ0) is 21.9. The summed E-state index contributed by atoms with van der Waals surface area (Å²) in [5.41, 5.74) is 0.596. The van der Waals surface area contributed by atoms with Gasteiger partial charge in [-0.05, 0) is 24.3 Å². The largest absolute Gasteiger partial charge is 0.497 e. The first-order chi connectivity index (χ1) is 14.3. The Morgan fingerprint density at radius 2 is 1.57 bits per heavy atom. The number of rotatable bonds is 8. The topological polar surface area (TPSA) is 103 Å². The third-order valence-electron chi connectivity index (χ3n) is 4.79. The smallest absolute Gasteiger partial charge is 0.244 e. The third-order valence-corrected chi connectivity index (χ3v) is 6.33. The van der Waals surface area contributed by atoms with Crippen LogP contribution in [0.2, 0.25) is 0 Å². The summed E-state index contributed by atoms with van der Waals surface area (Å²) in [5, 5.41) is 0. The molecule has 1 heterocycles. The van der Waals surface area contributed by atoms with Crippen LogP contribution in [-0.2, 0) is 14.8 Å². The molecule has 0 aromatic heterocycles. The molecule has 1 amide bonds. The van der Waals surface area contributed by atoms with Crippen molar-refractivity contribution in [3.05, 3.63) is 36.4 Å². The number of benzene rings is 2. The molecule has 2 aromatic carbocycles. The van der Waals surface area contributed by atoms with Crippen LogP contribution in [0, 0.1) is 0 Å². The first kappa shape index (κ1) is 21.7. The second-order valence-corrected chi connectivity index (χ2v) is 8.27. The monoisotopic (exact) mass is 436 g/mol. The SMILES string of the molecule is COc1ccc(OC)c(S(=O)(=O)NC2CC(=O)N(c3ccc(OC)c(OC)c3)C2)c1. The molecule has 1 aliphatic rings. The lowest BCUT2D eigenvalue weighted by Crippen LogP contribution is -2.37. The maximum Gasteiger partial charge on any atom is 0.244 e. The number of carbonyl (C=O) groups excluding carboxylic acids is 1. The molecule has 0 radical (unpaired) electrons. The first-order valence-electron chi connectivity index (χ1n) is 9.09. The molecule has 0 bridgehead atoms. The van der Waals surface area contributed by atoms with E-state index in [1.165, 1.54) is 45.5 Å². The van der Waals surface area contributed by atoms with Crippen LogP contribution in [0.25, 0.3) is 0 Å². The highest BCUT2D eigenvalue weighted by Crippen LogP contribution is 2.34. The second-order valence-electron chi connectivity index (χ2n) is 6.58. The number of anilines is 1. The molecule has 9 nitrogen and oxygen atoms in total. The number of methoxy groups -OCH3 is 4. The highest BCUT2D eigenvalue weighted by molar-refractivity contribution is 7.89. The van der Waals surface area contributed by atoms with Gasteiger partial charge in [0, 0.05) is 36.8 Å². The van der Waals surface area contributed by atoms with Crippen LogP contribution in [0.15, 0.2) is 41.3 Å². The molecule has 1 N–H and O–H groups in total. The van der Waals surface area contributed by atoms with E-state index >= 15 is 0 Å². The molecule has 1 fully saturated rings. The van der Waals surface area contributed by atoms with E-state index in [1.54, 1.807) is 24.3 Å². The maximum absolute atomic E-state index is 13.0. The predicted octanol–water partition coefficient (Wildman–Crippen LogP) is 1.80. The number of carbonyl (C=O) groups is 1. The Labute approximate surface area is 175 Å². The average Bonchev–Trinajstić information content (AvgIpc) is 3.11. The fraction of sp³-hybridized carbons (Fsp3) is 0.350. The predicted molar refractivity (Wildman–Crippen MR) is 110 cm³/mol. The zero-order valence-electron chi connectivity index (χ0n) is 17.2. The van der Waals surface area contributed by atoms with Gasteiger partial charge in [0.05, 0.1) is 28.4 Å². The number of nitrogens with one attached hydrogen (secondary N) is 1. The number of nitrogens with zero attached hydrogens (tertiary/aromatic N) is 1.